The second-order valence-electron chi connectivity index (χ2n) is 7.06. The lowest BCUT2D eigenvalue weighted by Gasteiger charge is -2.23. The molecule has 0 spiro atoms. The van der Waals surface area contributed by atoms with Gasteiger partial charge in [0.15, 0.2) is 0 Å². The summed E-state index contributed by atoms with van der Waals surface area (Å²) in [5, 5.41) is 28.5. The molecule has 1 saturated heterocycles. The Morgan fingerprint density at radius 1 is 1.00 bits per heavy atom. The smallest absolute Gasteiger partial charge is 0.114 e. The molecule has 4 atom stereocenters. The summed E-state index contributed by atoms with van der Waals surface area (Å²) < 4.78 is 11.0. The first-order valence-electron chi connectivity index (χ1n) is 10.0. The predicted molar refractivity (Wildman–Crippen MR) is 99.6 cm³/mol. The second-order valence-corrected chi connectivity index (χ2v) is 7.06. The minimum Gasteiger partial charge on any atom is -0.394 e. The van der Waals surface area contributed by atoms with Gasteiger partial charge in [0, 0.05) is 6.61 Å². The highest BCUT2D eigenvalue weighted by Crippen LogP contribution is 2.21. The van der Waals surface area contributed by atoms with E-state index < -0.39 is 24.4 Å². The molecule has 0 radical (unpaired) electrons. The van der Waals surface area contributed by atoms with Gasteiger partial charge in [-0.3, -0.25) is 0 Å². The van der Waals surface area contributed by atoms with Crippen molar-refractivity contribution in [3.8, 4) is 0 Å². The second kappa shape index (κ2) is 14.7. The highest BCUT2D eigenvalue weighted by atomic mass is 16.6. The zero-order valence-electron chi connectivity index (χ0n) is 15.7. The molecule has 0 bridgehead atoms. The molecule has 148 valence electrons. The van der Waals surface area contributed by atoms with Crippen LogP contribution in [0.5, 0.6) is 0 Å². The van der Waals surface area contributed by atoms with Crippen molar-refractivity contribution < 1.29 is 24.8 Å². The lowest BCUT2D eigenvalue weighted by molar-refractivity contribution is -0.0938. The number of aliphatic hydroxyl groups excluding tert-OH is 3. The molecule has 0 saturated carbocycles. The van der Waals surface area contributed by atoms with E-state index in [0.29, 0.717) is 6.61 Å². The Hall–Kier alpha value is -0.460. The van der Waals surface area contributed by atoms with Gasteiger partial charge in [-0.25, -0.2) is 0 Å². The summed E-state index contributed by atoms with van der Waals surface area (Å²) in [7, 11) is 0. The first-order chi connectivity index (χ1) is 12.2. The fourth-order valence-electron chi connectivity index (χ4n) is 3.28. The Balaban J connectivity index is 1.92. The van der Waals surface area contributed by atoms with E-state index in [1.54, 1.807) is 0 Å². The molecule has 1 fully saturated rings. The Kier molecular flexibility index (Phi) is 13.3. The number of ether oxygens (including phenoxy) is 2. The topological polar surface area (TPSA) is 79.2 Å². The zero-order chi connectivity index (χ0) is 18.3. The molecule has 1 rings (SSSR count). The standard InChI is InChI=1S/C20H38O5/c1-2-3-4-5-6-7-8-9-10-11-12-13-14-24-20-18(23)16-25-19(20)17(22)15-21/h2,17-23H,1,3-16H2/t17-,18+,19-,20-/m1/s1. The minimum absolute atomic E-state index is 0.153. The zero-order valence-corrected chi connectivity index (χ0v) is 15.7. The Morgan fingerprint density at radius 3 is 2.12 bits per heavy atom. The van der Waals surface area contributed by atoms with Crippen LogP contribution in [0.3, 0.4) is 0 Å². The van der Waals surface area contributed by atoms with Crippen molar-refractivity contribution in [1.29, 1.82) is 0 Å². The van der Waals surface area contributed by atoms with Crippen molar-refractivity contribution in [2.24, 2.45) is 0 Å². The van der Waals surface area contributed by atoms with Gasteiger partial charge < -0.3 is 24.8 Å². The van der Waals surface area contributed by atoms with Crippen LogP contribution >= 0.6 is 0 Å². The number of hydrogen-bond donors (Lipinski definition) is 3. The van der Waals surface area contributed by atoms with Crippen LogP contribution in [0.4, 0.5) is 0 Å². The number of rotatable bonds is 16. The number of aliphatic hydroxyl groups is 3. The number of unbranched alkanes of at least 4 members (excludes halogenated alkanes) is 10. The van der Waals surface area contributed by atoms with E-state index in [1.807, 2.05) is 6.08 Å². The Morgan fingerprint density at radius 2 is 1.56 bits per heavy atom. The van der Waals surface area contributed by atoms with Crippen molar-refractivity contribution in [3.63, 3.8) is 0 Å². The van der Waals surface area contributed by atoms with Crippen LogP contribution in [-0.2, 0) is 9.47 Å². The molecule has 5 heteroatoms. The third-order valence-electron chi connectivity index (χ3n) is 4.84. The molecule has 5 nitrogen and oxygen atoms in total. The highest BCUT2D eigenvalue weighted by molar-refractivity contribution is 4.89. The highest BCUT2D eigenvalue weighted by Gasteiger charge is 2.40. The Bertz CT molecular complexity index is 323. The SMILES string of the molecule is C=CCCCCCCCCCCCCO[C@H]1[C@@H]([C@H](O)CO)OC[C@@H]1O. The van der Waals surface area contributed by atoms with Crippen LogP contribution in [0.25, 0.3) is 0 Å². The average molecular weight is 359 g/mol. The van der Waals surface area contributed by atoms with Gasteiger partial charge in [-0.2, -0.15) is 0 Å². The van der Waals surface area contributed by atoms with Gasteiger partial charge in [-0.15, -0.1) is 6.58 Å². The van der Waals surface area contributed by atoms with E-state index in [0.717, 1.165) is 19.3 Å². The van der Waals surface area contributed by atoms with E-state index in [9.17, 15) is 10.2 Å². The summed E-state index contributed by atoms with van der Waals surface area (Å²) in [5.41, 5.74) is 0. The molecule has 1 aliphatic heterocycles. The van der Waals surface area contributed by atoms with E-state index in [-0.39, 0.29) is 13.2 Å². The van der Waals surface area contributed by atoms with Crippen molar-refractivity contribution in [2.75, 3.05) is 19.8 Å². The largest absolute Gasteiger partial charge is 0.394 e. The van der Waals surface area contributed by atoms with Gasteiger partial charge >= 0.3 is 0 Å². The van der Waals surface area contributed by atoms with Gasteiger partial charge in [0.05, 0.1) is 13.2 Å². The van der Waals surface area contributed by atoms with Crippen LogP contribution in [-0.4, -0.2) is 59.6 Å². The quantitative estimate of drug-likeness (QED) is 0.292. The van der Waals surface area contributed by atoms with Gasteiger partial charge in [0.25, 0.3) is 0 Å². The maximum Gasteiger partial charge on any atom is 0.114 e. The maximum absolute atomic E-state index is 9.85. The summed E-state index contributed by atoms with van der Waals surface area (Å²) in [6, 6.07) is 0. The first-order valence-corrected chi connectivity index (χ1v) is 10.0. The van der Waals surface area contributed by atoms with Gasteiger partial charge in [-0.1, -0.05) is 57.4 Å². The lowest BCUT2D eigenvalue weighted by Crippen LogP contribution is -2.42. The average Bonchev–Trinajstić information content (AvgIpc) is 2.99. The molecule has 0 aromatic rings. The molecule has 0 aromatic carbocycles. The molecule has 3 N–H and O–H groups in total. The van der Waals surface area contributed by atoms with E-state index in [4.69, 9.17) is 14.6 Å². The number of allylic oxidation sites excluding steroid dienone is 1. The molecular formula is C20H38O5. The third-order valence-corrected chi connectivity index (χ3v) is 4.84. The van der Waals surface area contributed by atoms with Crippen LogP contribution in [0, 0.1) is 0 Å². The van der Waals surface area contributed by atoms with Crippen molar-refractivity contribution in [2.45, 2.75) is 95.0 Å². The van der Waals surface area contributed by atoms with E-state index >= 15 is 0 Å². The van der Waals surface area contributed by atoms with Gasteiger partial charge in [0.2, 0.25) is 0 Å². The monoisotopic (exact) mass is 358 g/mol. The normalized spacial score (nSPS) is 24.5. The van der Waals surface area contributed by atoms with E-state index in [1.165, 1.54) is 51.4 Å². The summed E-state index contributed by atoms with van der Waals surface area (Å²) in [5.74, 6) is 0. The van der Waals surface area contributed by atoms with Crippen molar-refractivity contribution in [3.05, 3.63) is 12.7 Å². The minimum atomic E-state index is -1.00. The maximum atomic E-state index is 9.85. The molecular weight excluding hydrogens is 320 g/mol. The van der Waals surface area contributed by atoms with Gasteiger partial charge in [-0.05, 0) is 19.3 Å². The molecule has 25 heavy (non-hydrogen) atoms. The fraction of sp³-hybridized carbons (Fsp3) is 0.900. The summed E-state index contributed by atoms with van der Waals surface area (Å²) in [4.78, 5) is 0. The van der Waals surface area contributed by atoms with Gasteiger partial charge in [0.1, 0.15) is 24.4 Å². The number of hydrogen-bond acceptors (Lipinski definition) is 5. The van der Waals surface area contributed by atoms with Crippen LogP contribution < -0.4 is 0 Å². The van der Waals surface area contributed by atoms with Crippen LogP contribution in [0.2, 0.25) is 0 Å². The molecule has 1 heterocycles. The lowest BCUT2D eigenvalue weighted by atomic mass is 10.1. The van der Waals surface area contributed by atoms with Crippen molar-refractivity contribution >= 4 is 0 Å². The molecule has 0 amide bonds. The van der Waals surface area contributed by atoms with Crippen LogP contribution in [0.15, 0.2) is 12.7 Å². The summed E-state index contributed by atoms with van der Waals surface area (Å²) >= 11 is 0. The van der Waals surface area contributed by atoms with Crippen molar-refractivity contribution in [1.82, 2.24) is 0 Å². The van der Waals surface area contributed by atoms with Crippen LogP contribution in [0.1, 0.15) is 70.6 Å². The summed E-state index contributed by atoms with van der Waals surface area (Å²) in [6.45, 7) is 4.07. The molecule has 1 aliphatic rings. The Labute approximate surface area is 153 Å². The fourth-order valence-corrected chi connectivity index (χ4v) is 3.28. The molecule has 0 unspecified atom stereocenters. The summed E-state index contributed by atoms with van der Waals surface area (Å²) in [6.07, 6.45) is 12.7. The third kappa shape index (κ3) is 9.71. The van der Waals surface area contributed by atoms with E-state index in [2.05, 4.69) is 6.58 Å². The molecule has 0 aliphatic carbocycles. The molecule has 0 aromatic heterocycles. The first kappa shape index (κ1) is 22.6. The predicted octanol–water partition coefficient (Wildman–Crippen LogP) is 2.96.